The van der Waals surface area contributed by atoms with Gasteiger partial charge in [0.15, 0.2) is 0 Å². The lowest BCUT2D eigenvalue weighted by Gasteiger charge is -2.22. The molecule has 2 amide bonds. The van der Waals surface area contributed by atoms with Crippen molar-refractivity contribution in [2.75, 3.05) is 60.4 Å². The zero-order valence-corrected chi connectivity index (χ0v) is 13.5. The summed E-state index contributed by atoms with van der Waals surface area (Å²) in [6.45, 7) is 4.80. The lowest BCUT2D eigenvalue weighted by Crippen LogP contribution is -2.37. The highest BCUT2D eigenvalue weighted by molar-refractivity contribution is 5.89. The van der Waals surface area contributed by atoms with Crippen molar-refractivity contribution in [1.29, 1.82) is 0 Å². The highest BCUT2D eigenvalue weighted by Gasteiger charge is 2.38. The van der Waals surface area contributed by atoms with Gasteiger partial charge in [-0.15, -0.1) is 0 Å². The number of nitrogens with one attached hydrogen (secondary N) is 1. The van der Waals surface area contributed by atoms with Crippen molar-refractivity contribution in [3.05, 3.63) is 0 Å². The normalized spacial score (nSPS) is 26.2. The van der Waals surface area contributed by atoms with Gasteiger partial charge in [-0.2, -0.15) is 0 Å². The molecule has 0 radical (unpaired) electrons. The van der Waals surface area contributed by atoms with E-state index < -0.39 is 0 Å². The van der Waals surface area contributed by atoms with Crippen molar-refractivity contribution >= 4 is 11.8 Å². The molecule has 2 aliphatic heterocycles. The molecule has 0 aromatic carbocycles. The molecule has 0 aromatic heterocycles. The molecule has 1 N–H and O–H groups in total. The van der Waals surface area contributed by atoms with E-state index in [0.717, 1.165) is 39.1 Å². The predicted molar refractivity (Wildman–Crippen MR) is 81.9 cm³/mol. The Bertz CT molecular complexity index is 386. The molecule has 2 fully saturated rings. The second kappa shape index (κ2) is 7.22. The molecule has 120 valence electrons. The lowest BCUT2D eigenvalue weighted by molar-refractivity contribution is -0.135. The number of likely N-dealkylation sites (tertiary alicyclic amines) is 2. The molecule has 2 heterocycles. The van der Waals surface area contributed by atoms with E-state index in [1.165, 1.54) is 0 Å². The summed E-state index contributed by atoms with van der Waals surface area (Å²) in [5.74, 6) is 0.726. The Hall–Kier alpha value is -1.14. The van der Waals surface area contributed by atoms with Crippen LogP contribution in [0.15, 0.2) is 0 Å². The molecule has 0 aliphatic carbocycles. The Balaban J connectivity index is 1.83. The van der Waals surface area contributed by atoms with E-state index in [-0.39, 0.29) is 17.7 Å². The van der Waals surface area contributed by atoms with Crippen molar-refractivity contribution in [2.45, 2.75) is 12.8 Å². The lowest BCUT2D eigenvalue weighted by atomic mass is 10.1. The third kappa shape index (κ3) is 4.17. The molecule has 2 atom stereocenters. The van der Waals surface area contributed by atoms with Crippen LogP contribution in [0.4, 0.5) is 0 Å². The Morgan fingerprint density at radius 3 is 2.81 bits per heavy atom. The second-order valence-electron chi connectivity index (χ2n) is 6.54. The molecule has 0 bridgehead atoms. The molecule has 6 nitrogen and oxygen atoms in total. The van der Waals surface area contributed by atoms with Gasteiger partial charge in [0.2, 0.25) is 11.8 Å². The van der Waals surface area contributed by atoms with Crippen molar-refractivity contribution in [2.24, 2.45) is 11.8 Å². The van der Waals surface area contributed by atoms with E-state index in [1.54, 1.807) is 0 Å². The fraction of sp³-hybridized carbons (Fsp3) is 0.867. The molecule has 0 aromatic rings. The summed E-state index contributed by atoms with van der Waals surface area (Å²) < 4.78 is 0. The molecule has 2 aliphatic rings. The summed E-state index contributed by atoms with van der Waals surface area (Å²) in [6, 6.07) is 0. The minimum atomic E-state index is -0.131. The van der Waals surface area contributed by atoms with Crippen molar-refractivity contribution < 1.29 is 9.59 Å². The van der Waals surface area contributed by atoms with Gasteiger partial charge in [-0.05, 0) is 40.0 Å². The van der Waals surface area contributed by atoms with Crippen LogP contribution in [0.25, 0.3) is 0 Å². The minimum absolute atomic E-state index is 0.126. The number of likely N-dealkylation sites (N-methyl/N-ethyl adjacent to an activating group) is 1. The van der Waals surface area contributed by atoms with Crippen molar-refractivity contribution in [3.8, 4) is 0 Å². The highest BCUT2D eigenvalue weighted by atomic mass is 16.2. The molecule has 21 heavy (non-hydrogen) atoms. The first-order valence-electron chi connectivity index (χ1n) is 7.87. The summed E-state index contributed by atoms with van der Waals surface area (Å²) in [4.78, 5) is 30.4. The number of amides is 2. The zero-order chi connectivity index (χ0) is 15.4. The van der Waals surface area contributed by atoms with Gasteiger partial charge < -0.3 is 20.0 Å². The number of carbonyl (C=O) groups excluding carboxylic acids is 2. The number of rotatable bonds is 6. The van der Waals surface area contributed by atoms with Gasteiger partial charge >= 0.3 is 0 Å². The molecule has 0 saturated carbocycles. The van der Waals surface area contributed by atoms with Crippen LogP contribution in [0, 0.1) is 11.8 Å². The van der Waals surface area contributed by atoms with Gasteiger partial charge in [0.05, 0.1) is 5.92 Å². The summed E-state index contributed by atoms with van der Waals surface area (Å²) >= 11 is 0. The first kappa shape index (κ1) is 16.2. The maximum absolute atomic E-state index is 12.5. The second-order valence-corrected chi connectivity index (χ2v) is 6.54. The molecular formula is C15H28N4O2. The van der Waals surface area contributed by atoms with Crippen LogP contribution in [0.1, 0.15) is 12.8 Å². The van der Waals surface area contributed by atoms with Crippen LogP contribution < -0.4 is 5.32 Å². The summed E-state index contributed by atoms with van der Waals surface area (Å²) in [6.07, 6.45) is 1.46. The Labute approximate surface area is 127 Å². The van der Waals surface area contributed by atoms with Crippen LogP contribution in [-0.4, -0.2) is 86.9 Å². The molecule has 2 unspecified atom stereocenters. The Kier molecular flexibility index (Phi) is 5.58. The average Bonchev–Trinajstić information content (AvgIpc) is 3.03. The van der Waals surface area contributed by atoms with E-state index >= 15 is 0 Å². The maximum atomic E-state index is 12.5. The average molecular weight is 296 g/mol. The van der Waals surface area contributed by atoms with Gasteiger partial charge in [-0.1, -0.05) is 0 Å². The van der Waals surface area contributed by atoms with E-state index in [1.807, 2.05) is 30.9 Å². The van der Waals surface area contributed by atoms with Gasteiger partial charge in [0, 0.05) is 39.1 Å². The van der Waals surface area contributed by atoms with Crippen LogP contribution >= 0.6 is 0 Å². The quantitative estimate of drug-likeness (QED) is 0.715. The van der Waals surface area contributed by atoms with E-state index in [0.29, 0.717) is 18.9 Å². The molecular weight excluding hydrogens is 268 g/mol. The number of nitrogens with zero attached hydrogens (tertiary/aromatic N) is 3. The standard InChI is InChI=1S/C15H28N4O2/c1-16-9-12-4-5-19(10-12)15(21)13-8-14(20)18(11-13)7-6-17(2)3/h12-13,16H,4-11H2,1-3H3. The van der Waals surface area contributed by atoms with Gasteiger partial charge in [0.1, 0.15) is 0 Å². The predicted octanol–water partition coefficient (Wildman–Crippen LogP) is -0.536. The minimum Gasteiger partial charge on any atom is -0.342 e. The first-order chi connectivity index (χ1) is 10.0. The summed E-state index contributed by atoms with van der Waals surface area (Å²) in [5.41, 5.74) is 0. The fourth-order valence-electron chi connectivity index (χ4n) is 3.22. The Morgan fingerprint density at radius 1 is 1.38 bits per heavy atom. The number of hydrogen-bond acceptors (Lipinski definition) is 4. The first-order valence-corrected chi connectivity index (χ1v) is 7.87. The smallest absolute Gasteiger partial charge is 0.228 e. The molecule has 6 heteroatoms. The molecule has 0 spiro atoms. The topological polar surface area (TPSA) is 55.9 Å². The van der Waals surface area contributed by atoms with Crippen molar-refractivity contribution in [3.63, 3.8) is 0 Å². The zero-order valence-electron chi connectivity index (χ0n) is 13.5. The van der Waals surface area contributed by atoms with Crippen LogP contribution in [0.3, 0.4) is 0 Å². The third-order valence-electron chi connectivity index (χ3n) is 4.47. The number of hydrogen-bond donors (Lipinski definition) is 1. The van der Waals surface area contributed by atoms with Gasteiger partial charge in [-0.3, -0.25) is 9.59 Å². The van der Waals surface area contributed by atoms with Crippen LogP contribution in [0.5, 0.6) is 0 Å². The summed E-state index contributed by atoms with van der Waals surface area (Å²) in [7, 11) is 5.94. The van der Waals surface area contributed by atoms with Crippen molar-refractivity contribution in [1.82, 2.24) is 20.0 Å². The van der Waals surface area contributed by atoms with Crippen LogP contribution in [0.2, 0.25) is 0 Å². The largest absolute Gasteiger partial charge is 0.342 e. The SMILES string of the molecule is CNCC1CCN(C(=O)C2CC(=O)N(CCN(C)C)C2)C1. The van der Waals surface area contributed by atoms with E-state index in [9.17, 15) is 9.59 Å². The van der Waals surface area contributed by atoms with Crippen LogP contribution in [-0.2, 0) is 9.59 Å². The van der Waals surface area contributed by atoms with E-state index in [2.05, 4.69) is 10.2 Å². The fourth-order valence-corrected chi connectivity index (χ4v) is 3.22. The highest BCUT2D eigenvalue weighted by Crippen LogP contribution is 2.24. The maximum Gasteiger partial charge on any atom is 0.228 e. The Morgan fingerprint density at radius 2 is 2.14 bits per heavy atom. The molecule has 2 saturated heterocycles. The van der Waals surface area contributed by atoms with E-state index in [4.69, 9.17) is 0 Å². The molecule has 2 rings (SSSR count). The van der Waals surface area contributed by atoms with Gasteiger partial charge in [0.25, 0.3) is 0 Å². The van der Waals surface area contributed by atoms with Gasteiger partial charge in [-0.25, -0.2) is 0 Å². The number of carbonyl (C=O) groups is 2. The monoisotopic (exact) mass is 296 g/mol. The third-order valence-corrected chi connectivity index (χ3v) is 4.47. The summed E-state index contributed by atoms with van der Waals surface area (Å²) in [5, 5.41) is 3.18.